The number of nitrogens with zero attached hydrogens (tertiary/aromatic N) is 3. The topological polar surface area (TPSA) is 68.3 Å². The highest BCUT2D eigenvalue weighted by Gasteiger charge is 2.25. The van der Waals surface area contributed by atoms with Gasteiger partial charge in [-0.2, -0.15) is 5.10 Å². The second-order valence-electron chi connectivity index (χ2n) is 5.68. The summed E-state index contributed by atoms with van der Waals surface area (Å²) in [6.07, 6.45) is 2.54. The number of aliphatic imine (C=N–C) groups is 1. The van der Waals surface area contributed by atoms with E-state index in [0.717, 1.165) is 18.2 Å². The lowest BCUT2D eigenvalue weighted by Crippen LogP contribution is -2.44. The zero-order valence-corrected chi connectivity index (χ0v) is 16.1. The van der Waals surface area contributed by atoms with E-state index in [1.165, 1.54) is 12.1 Å². The Bertz CT molecular complexity index is 707. The molecule has 3 N–H and O–H groups in total. The van der Waals surface area contributed by atoms with Gasteiger partial charge in [-0.15, -0.1) is 24.0 Å². The normalized spacial score (nSPS) is 17.3. The summed E-state index contributed by atoms with van der Waals surface area (Å²) in [5.74, 6) is -0.415. The number of aromatic nitrogens is 2. The lowest BCUT2D eigenvalue weighted by Gasteiger charge is -2.20. The maximum Gasteiger partial charge on any atom is 0.191 e. The van der Waals surface area contributed by atoms with Crippen molar-refractivity contribution in [2.24, 2.45) is 4.99 Å². The molecular formula is C16H21F2IN6. The van der Waals surface area contributed by atoms with Gasteiger partial charge in [-0.05, 0) is 24.6 Å². The van der Waals surface area contributed by atoms with Crippen molar-refractivity contribution >= 4 is 35.6 Å². The maximum absolute atomic E-state index is 13.9. The molecule has 0 bridgehead atoms. The Labute approximate surface area is 162 Å². The monoisotopic (exact) mass is 462 g/mol. The minimum Gasteiger partial charge on any atom is -0.367 e. The van der Waals surface area contributed by atoms with Crippen LogP contribution >= 0.6 is 24.0 Å². The Hall–Kier alpha value is -1.91. The summed E-state index contributed by atoms with van der Waals surface area (Å²) in [6, 6.07) is 5.71. The van der Waals surface area contributed by atoms with E-state index in [-0.39, 0.29) is 30.0 Å². The first kappa shape index (κ1) is 19.4. The predicted molar refractivity (Wildman–Crippen MR) is 104 cm³/mol. The van der Waals surface area contributed by atoms with E-state index in [0.29, 0.717) is 31.3 Å². The van der Waals surface area contributed by atoms with Gasteiger partial charge in [-0.1, -0.05) is 0 Å². The average molecular weight is 462 g/mol. The fourth-order valence-corrected chi connectivity index (χ4v) is 2.78. The minimum absolute atomic E-state index is 0. The Morgan fingerprint density at radius 1 is 1.40 bits per heavy atom. The minimum atomic E-state index is -0.562. The number of hydrogen-bond donors (Lipinski definition) is 3. The van der Waals surface area contributed by atoms with Gasteiger partial charge in [0.25, 0.3) is 0 Å². The first-order valence-corrected chi connectivity index (χ1v) is 7.81. The van der Waals surface area contributed by atoms with Crippen molar-refractivity contribution in [1.82, 2.24) is 20.8 Å². The second-order valence-corrected chi connectivity index (χ2v) is 5.68. The summed E-state index contributed by atoms with van der Waals surface area (Å²) in [5.41, 5.74) is 1.39. The van der Waals surface area contributed by atoms with E-state index in [1.807, 2.05) is 11.0 Å². The van der Waals surface area contributed by atoms with Gasteiger partial charge in [0.05, 0.1) is 17.9 Å². The van der Waals surface area contributed by atoms with Gasteiger partial charge in [0.15, 0.2) is 5.96 Å². The molecule has 2 heterocycles. The molecule has 1 saturated heterocycles. The molecule has 0 spiro atoms. The molecule has 0 aliphatic carbocycles. The number of halogens is 3. The van der Waals surface area contributed by atoms with Crippen LogP contribution in [0, 0.1) is 11.6 Å². The molecule has 136 valence electrons. The Morgan fingerprint density at radius 3 is 2.92 bits per heavy atom. The van der Waals surface area contributed by atoms with Crippen LogP contribution in [0.5, 0.6) is 0 Å². The third-order valence-electron chi connectivity index (χ3n) is 4.01. The zero-order valence-electron chi connectivity index (χ0n) is 13.8. The predicted octanol–water partition coefficient (Wildman–Crippen LogP) is 2.25. The van der Waals surface area contributed by atoms with Crippen molar-refractivity contribution in [1.29, 1.82) is 0 Å². The molecule has 1 aliphatic rings. The summed E-state index contributed by atoms with van der Waals surface area (Å²) in [4.78, 5) is 6.11. The quantitative estimate of drug-likeness (QED) is 0.371. The molecule has 1 unspecified atom stereocenters. The highest BCUT2D eigenvalue weighted by atomic mass is 127. The van der Waals surface area contributed by atoms with Crippen LogP contribution in [0.4, 0.5) is 14.5 Å². The molecule has 3 rings (SSSR count). The smallest absolute Gasteiger partial charge is 0.191 e. The maximum atomic E-state index is 13.9. The summed E-state index contributed by atoms with van der Waals surface area (Å²) >= 11 is 0. The number of guanidine groups is 1. The molecular weight excluding hydrogens is 441 g/mol. The first-order chi connectivity index (χ1) is 11.7. The number of rotatable bonds is 4. The van der Waals surface area contributed by atoms with E-state index in [9.17, 15) is 8.78 Å². The van der Waals surface area contributed by atoms with Gasteiger partial charge in [0, 0.05) is 38.4 Å². The van der Waals surface area contributed by atoms with Gasteiger partial charge in [0.2, 0.25) is 0 Å². The average Bonchev–Trinajstić information content (AvgIpc) is 3.23. The Balaban J connectivity index is 0.00000225. The van der Waals surface area contributed by atoms with Gasteiger partial charge in [0.1, 0.15) is 11.6 Å². The van der Waals surface area contributed by atoms with Gasteiger partial charge in [-0.3, -0.25) is 10.1 Å². The van der Waals surface area contributed by atoms with E-state index >= 15 is 0 Å². The molecule has 1 aromatic carbocycles. The molecule has 0 radical (unpaired) electrons. The number of benzene rings is 1. The van der Waals surface area contributed by atoms with Crippen LogP contribution in [-0.4, -0.2) is 42.3 Å². The molecule has 0 saturated carbocycles. The Kier molecular flexibility index (Phi) is 6.97. The lowest BCUT2D eigenvalue weighted by molar-refractivity contribution is 0.580. The zero-order chi connectivity index (χ0) is 16.9. The van der Waals surface area contributed by atoms with Gasteiger partial charge in [-0.25, -0.2) is 8.78 Å². The van der Waals surface area contributed by atoms with Gasteiger partial charge < -0.3 is 15.5 Å². The van der Waals surface area contributed by atoms with E-state index in [1.54, 1.807) is 13.2 Å². The Morgan fingerprint density at radius 2 is 2.24 bits per heavy atom. The van der Waals surface area contributed by atoms with Crippen molar-refractivity contribution in [3.63, 3.8) is 0 Å². The highest BCUT2D eigenvalue weighted by molar-refractivity contribution is 14.0. The van der Waals surface area contributed by atoms with Crippen molar-refractivity contribution in [3.05, 3.63) is 47.8 Å². The molecule has 1 fully saturated rings. The number of anilines is 1. The van der Waals surface area contributed by atoms with Crippen molar-refractivity contribution in [2.75, 3.05) is 25.0 Å². The fraction of sp³-hybridized carbons (Fsp3) is 0.375. The standard InChI is InChI=1S/C16H20F2N6.HI/c1-19-16(20-9-12-4-6-21-23-12)22-13-5-7-24(10-13)15-3-2-11(17)8-14(15)18;/h2-4,6,8,13H,5,7,9-10H2,1H3,(H,21,23)(H2,19,20,22);1H. The van der Waals surface area contributed by atoms with Crippen molar-refractivity contribution in [3.8, 4) is 0 Å². The molecule has 6 nitrogen and oxygen atoms in total. The van der Waals surface area contributed by atoms with E-state index in [4.69, 9.17) is 0 Å². The highest BCUT2D eigenvalue weighted by Crippen LogP contribution is 2.24. The van der Waals surface area contributed by atoms with Crippen molar-refractivity contribution < 1.29 is 8.78 Å². The van der Waals surface area contributed by atoms with Crippen LogP contribution in [0.3, 0.4) is 0 Å². The van der Waals surface area contributed by atoms with Gasteiger partial charge >= 0.3 is 0 Å². The second kappa shape index (κ2) is 8.97. The molecule has 9 heteroatoms. The van der Waals surface area contributed by atoms with Crippen LogP contribution in [-0.2, 0) is 6.54 Å². The third kappa shape index (κ3) is 5.03. The van der Waals surface area contributed by atoms with Crippen molar-refractivity contribution in [2.45, 2.75) is 19.0 Å². The summed E-state index contributed by atoms with van der Waals surface area (Å²) in [7, 11) is 1.70. The summed E-state index contributed by atoms with van der Waals surface area (Å²) in [5, 5.41) is 13.3. The van der Waals surface area contributed by atoms with Crippen LogP contribution in [0.25, 0.3) is 0 Å². The van der Waals surface area contributed by atoms with E-state index in [2.05, 4.69) is 25.8 Å². The molecule has 0 amide bonds. The third-order valence-corrected chi connectivity index (χ3v) is 4.01. The fourth-order valence-electron chi connectivity index (χ4n) is 2.78. The number of H-pyrrole nitrogens is 1. The van der Waals surface area contributed by atoms with Crippen LogP contribution < -0.4 is 15.5 Å². The van der Waals surface area contributed by atoms with Crippen LogP contribution in [0.1, 0.15) is 12.1 Å². The SMILES string of the molecule is CN=C(NCc1ccn[nH]1)NC1CCN(c2ccc(F)cc2F)C1.I. The molecule has 1 aliphatic heterocycles. The largest absolute Gasteiger partial charge is 0.367 e. The molecule has 25 heavy (non-hydrogen) atoms. The number of aromatic amines is 1. The molecule has 2 aromatic rings. The molecule has 1 aromatic heterocycles. The lowest BCUT2D eigenvalue weighted by atomic mass is 10.2. The van der Waals surface area contributed by atoms with E-state index < -0.39 is 11.6 Å². The van der Waals surface area contributed by atoms with Crippen LogP contribution in [0.15, 0.2) is 35.5 Å². The number of nitrogens with one attached hydrogen (secondary N) is 3. The molecule has 1 atom stereocenters. The summed E-state index contributed by atoms with van der Waals surface area (Å²) in [6.45, 7) is 1.92. The summed E-state index contributed by atoms with van der Waals surface area (Å²) < 4.78 is 26.9. The van der Waals surface area contributed by atoms with Crippen LogP contribution in [0.2, 0.25) is 0 Å². The first-order valence-electron chi connectivity index (χ1n) is 7.81. The number of hydrogen-bond acceptors (Lipinski definition) is 3.